The smallest absolute Gasteiger partial charge is 0.227 e. The Morgan fingerprint density at radius 3 is 2.81 bits per heavy atom. The minimum Gasteiger partial charge on any atom is -0.344 e. The van der Waals surface area contributed by atoms with Crippen LogP contribution in [0.3, 0.4) is 0 Å². The second-order valence-corrected chi connectivity index (χ2v) is 4.64. The van der Waals surface area contributed by atoms with E-state index in [9.17, 15) is 0 Å². The molecule has 0 amide bonds. The molecule has 1 aromatic heterocycles. The van der Waals surface area contributed by atoms with Crippen molar-refractivity contribution in [2.75, 3.05) is 11.9 Å². The van der Waals surface area contributed by atoms with E-state index in [4.69, 9.17) is 0 Å². The molecule has 0 bridgehead atoms. The van der Waals surface area contributed by atoms with Crippen LogP contribution in [-0.2, 0) is 6.54 Å². The van der Waals surface area contributed by atoms with Crippen LogP contribution in [0.25, 0.3) is 0 Å². The van der Waals surface area contributed by atoms with Gasteiger partial charge >= 0.3 is 0 Å². The zero-order valence-corrected chi connectivity index (χ0v) is 10.5. The molecule has 0 aliphatic rings. The zero-order chi connectivity index (χ0) is 11.5. The molecule has 0 radical (unpaired) electrons. The van der Waals surface area contributed by atoms with Gasteiger partial charge in [0.25, 0.3) is 0 Å². The van der Waals surface area contributed by atoms with E-state index in [2.05, 4.69) is 51.7 Å². The first-order valence-electron chi connectivity index (χ1n) is 5.09. The number of hydrogen-bond acceptors (Lipinski definition) is 5. The molecule has 0 aliphatic carbocycles. The Labute approximate surface area is 99.1 Å². The number of aromatic nitrogens is 3. The average molecular weight is 234 g/mol. The maximum absolute atomic E-state index is 3.95. The van der Waals surface area contributed by atoms with E-state index in [-0.39, 0.29) is 0 Å². The Kier molecular flexibility index (Phi) is 3.14. The summed E-state index contributed by atoms with van der Waals surface area (Å²) in [6, 6.07) is 6.49. The van der Waals surface area contributed by atoms with Gasteiger partial charge in [0.15, 0.2) is 0 Å². The second kappa shape index (κ2) is 4.57. The van der Waals surface area contributed by atoms with E-state index in [1.54, 1.807) is 0 Å². The van der Waals surface area contributed by atoms with Crippen LogP contribution in [0.15, 0.2) is 18.2 Å². The largest absolute Gasteiger partial charge is 0.344 e. The molecule has 0 spiro atoms. The Balaban J connectivity index is 2.17. The van der Waals surface area contributed by atoms with Gasteiger partial charge in [0.05, 0.1) is 0 Å². The van der Waals surface area contributed by atoms with Crippen molar-refractivity contribution in [2.45, 2.75) is 20.4 Å². The van der Waals surface area contributed by atoms with Gasteiger partial charge in [-0.15, -0.1) is 0 Å². The lowest BCUT2D eigenvalue weighted by Gasteiger charge is -2.16. The third-order valence-electron chi connectivity index (χ3n) is 2.53. The predicted octanol–water partition coefficient (Wildman–Crippen LogP) is 2.19. The number of anilines is 1. The molecule has 0 N–H and O–H groups in total. The van der Waals surface area contributed by atoms with E-state index in [0.29, 0.717) is 0 Å². The van der Waals surface area contributed by atoms with Crippen molar-refractivity contribution in [3.05, 3.63) is 34.9 Å². The van der Waals surface area contributed by atoms with Gasteiger partial charge in [0, 0.05) is 25.1 Å². The van der Waals surface area contributed by atoms with Crippen molar-refractivity contribution in [1.29, 1.82) is 0 Å². The summed E-state index contributed by atoms with van der Waals surface area (Å²) in [5.41, 5.74) is 3.90. The molecule has 0 aliphatic heterocycles. The van der Waals surface area contributed by atoms with Crippen LogP contribution in [0.2, 0.25) is 0 Å². The average Bonchev–Trinajstić information content (AvgIpc) is 2.76. The number of rotatable bonds is 3. The highest BCUT2D eigenvalue weighted by Gasteiger charge is 2.07. The molecule has 2 aromatic rings. The SMILES string of the molecule is Cc1ccc(C)c(CN(C)c2nnns2)c1. The first kappa shape index (κ1) is 11.0. The highest BCUT2D eigenvalue weighted by Crippen LogP contribution is 2.17. The molecule has 0 saturated carbocycles. The first-order chi connectivity index (χ1) is 7.66. The molecule has 16 heavy (non-hydrogen) atoms. The maximum atomic E-state index is 3.95. The van der Waals surface area contributed by atoms with Gasteiger partial charge in [0.2, 0.25) is 5.13 Å². The van der Waals surface area contributed by atoms with Crippen LogP contribution < -0.4 is 4.90 Å². The summed E-state index contributed by atoms with van der Waals surface area (Å²) in [5, 5.41) is 8.40. The highest BCUT2D eigenvalue weighted by molar-refractivity contribution is 7.09. The number of benzene rings is 1. The van der Waals surface area contributed by atoms with Crippen molar-refractivity contribution in [1.82, 2.24) is 14.8 Å². The van der Waals surface area contributed by atoms with Crippen LogP contribution in [0.5, 0.6) is 0 Å². The van der Waals surface area contributed by atoms with Crippen LogP contribution in [0.4, 0.5) is 5.13 Å². The number of hydrogen-bond donors (Lipinski definition) is 0. The zero-order valence-electron chi connectivity index (χ0n) is 9.64. The topological polar surface area (TPSA) is 41.9 Å². The van der Waals surface area contributed by atoms with Crippen LogP contribution in [0.1, 0.15) is 16.7 Å². The van der Waals surface area contributed by atoms with Crippen molar-refractivity contribution in [3.63, 3.8) is 0 Å². The molecule has 0 atom stereocenters. The van der Waals surface area contributed by atoms with Gasteiger partial charge in [-0.2, -0.15) is 0 Å². The minimum absolute atomic E-state index is 0.838. The van der Waals surface area contributed by atoms with Crippen molar-refractivity contribution >= 4 is 16.7 Å². The monoisotopic (exact) mass is 234 g/mol. The molecule has 0 saturated heterocycles. The fraction of sp³-hybridized carbons (Fsp3) is 0.364. The number of nitrogens with zero attached hydrogens (tertiary/aromatic N) is 4. The molecular weight excluding hydrogens is 220 g/mol. The third-order valence-corrected chi connectivity index (χ3v) is 3.24. The molecule has 0 fully saturated rings. The quantitative estimate of drug-likeness (QED) is 0.816. The van der Waals surface area contributed by atoms with Crippen LogP contribution in [-0.4, -0.2) is 21.8 Å². The summed E-state index contributed by atoms with van der Waals surface area (Å²) < 4.78 is 3.76. The lowest BCUT2D eigenvalue weighted by Crippen LogP contribution is -2.17. The standard InChI is InChI=1S/C11H14N4S/c1-8-4-5-9(2)10(6-8)7-15(3)11-12-13-14-16-11/h4-6H,7H2,1-3H3. The maximum Gasteiger partial charge on any atom is 0.227 e. The van der Waals surface area contributed by atoms with Gasteiger partial charge < -0.3 is 4.90 Å². The van der Waals surface area contributed by atoms with Crippen LogP contribution in [0, 0.1) is 13.8 Å². The van der Waals surface area contributed by atoms with Crippen LogP contribution >= 0.6 is 11.5 Å². The lowest BCUT2D eigenvalue weighted by molar-refractivity contribution is 0.868. The summed E-state index contributed by atoms with van der Waals surface area (Å²) in [6.07, 6.45) is 0. The Morgan fingerprint density at radius 2 is 2.12 bits per heavy atom. The second-order valence-electron chi connectivity index (χ2n) is 3.93. The van der Waals surface area contributed by atoms with E-state index in [1.165, 1.54) is 28.2 Å². The molecule has 4 nitrogen and oxygen atoms in total. The summed E-state index contributed by atoms with van der Waals surface area (Å²) in [6.45, 7) is 5.07. The molecular formula is C11H14N4S. The van der Waals surface area contributed by atoms with E-state index in [0.717, 1.165) is 11.7 Å². The first-order valence-corrected chi connectivity index (χ1v) is 5.86. The molecule has 2 rings (SSSR count). The molecule has 1 aromatic carbocycles. The molecule has 84 valence electrons. The summed E-state index contributed by atoms with van der Waals surface area (Å²) in [7, 11) is 2.00. The Bertz CT molecular complexity index is 467. The Hall–Kier alpha value is -1.49. The fourth-order valence-electron chi connectivity index (χ4n) is 1.57. The van der Waals surface area contributed by atoms with Gasteiger partial charge in [-0.05, 0) is 30.2 Å². The fourth-order valence-corrected chi connectivity index (χ4v) is 1.99. The van der Waals surface area contributed by atoms with E-state index in [1.807, 2.05) is 7.05 Å². The summed E-state index contributed by atoms with van der Waals surface area (Å²) >= 11 is 1.31. The van der Waals surface area contributed by atoms with Gasteiger partial charge in [-0.1, -0.05) is 33.3 Å². The molecule has 0 unspecified atom stereocenters. The molecule has 1 heterocycles. The van der Waals surface area contributed by atoms with Crippen molar-refractivity contribution < 1.29 is 0 Å². The molecule has 5 heteroatoms. The van der Waals surface area contributed by atoms with E-state index >= 15 is 0 Å². The third kappa shape index (κ3) is 2.36. The van der Waals surface area contributed by atoms with E-state index < -0.39 is 0 Å². The highest BCUT2D eigenvalue weighted by atomic mass is 32.1. The van der Waals surface area contributed by atoms with Gasteiger partial charge in [0.1, 0.15) is 0 Å². The summed E-state index contributed by atoms with van der Waals surface area (Å²) in [4.78, 5) is 2.06. The summed E-state index contributed by atoms with van der Waals surface area (Å²) in [5.74, 6) is 0. The van der Waals surface area contributed by atoms with Gasteiger partial charge in [-0.25, -0.2) is 0 Å². The van der Waals surface area contributed by atoms with Crippen molar-refractivity contribution in [2.24, 2.45) is 0 Å². The van der Waals surface area contributed by atoms with Crippen molar-refractivity contribution in [3.8, 4) is 0 Å². The minimum atomic E-state index is 0.838. The lowest BCUT2D eigenvalue weighted by atomic mass is 10.1. The normalized spacial score (nSPS) is 10.4. The Morgan fingerprint density at radius 1 is 1.31 bits per heavy atom. The van der Waals surface area contributed by atoms with Gasteiger partial charge in [-0.3, -0.25) is 0 Å². The predicted molar refractivity (Wildman–Crippen MR) is 65.7 cm³/mol. The number of aryl methyl sites for hydroxylation is 2.